The molecular weight excluding hydrogens is 160 g/mol. The summed E-state index contributed by atoms with van der Waals surface area (Å²) in [6, 6.07) is 5.67. The van der Waals surface area contributed by atoms with Gasteiger partial charge < -0.3 is 0 Å². The van der Waals surface area contributed by atoms with Gasteiger partial charge in [0, 0.05) is 6.20 Å². The minimum absolute atomic E-state index is 0.512. The Hall–Kier alpha value is -1.36. The molecule has 0 fully saturated rings. The standard InChI is InChI=1S/C7H6N2.C4H10/c1-6-3-2-4-9-7(6)5-8;1-4(2)3/h2-4H,1H3;4H,1-3H3. The number of nitriles is 1. The molecule has 0 aliphatic heterocycles. The Morgan fingerprint density at radius 3 is 2.23 bits per heavy atom. The molecule has 1 aromatic heterocycles. The van der Waals surface area contributed by atoms with Crippen LogP contribution in [0.4, 0.5) is 0 Å². The number of rotatable bonds is 0. The van der Waals surface area contributed by atoms with E-state index in [0.29, 0.717) is 5.69 Å². The summed E-state index contributed by atoms with van der Waals surface area (Å²) in [6.07, 6.45) is 1.62. The van der Waals surface area contributed by atoms with Crippen LogP contribution in [0.1, 0.15) is 32.0 Å². The van der Waals surface area contributed by atoms with Gasteiger partial charge >= 0.3 is 0 Å². The van der Waals surface area contributed by atoms with E-state index in [1.807, 2.05) is 25.1 Å². The number of aromatic nitrogens is 1. The molecule has 0 saturated heterocycles. The van der Waals surface area contributed by atoms with Crippen molar-refractivity contribution >= 4 is 0 Å². The van der Waals surface area contributed by atoms with Crippen LogP contribution in [0.25, 0.3) is 0 Å². The second-order valence-corrected chi connectivity index (χ2v) is 3.51. The summed E-state index contributed by atoms with van der Waals surface area (Å²) < 4.78 is 0. The first-order valence-corrected chi connectivity index (χ1v) is 4.39. The molecule has 0 N–H and O–H groups in total. The molecule has 2 heteroatoms. The molecule has 1 aromatic rings. The molecule has 13 heavy (non-hydrogen) atoms. The molecule has 0 aliphatic carbocycles. The molecule has 0 aromatic carbocycles. The van der Waals surface area contributed by atoms with Crippen molar-refractivity contribution < 1.29 is 0 Å². The van der Waals surface area contributed by atoms with Crippen LogP contribution in [0, 0.1) is 24.2 Å². The van der Waals surface area contributed by atoms with Crippen LogP contribution in [0.2, 0.25) is 0 Å². The second-order valence-electron chi connectivity index (χ2n) is 3.51. The van der Waals surface area contributed by atoms with Gasteiger partial charge in [-0.3, -0.25) is 0 Å². The maximum atomic E-state index is 8.41. The highest BCUT2D eigenvalue weighted by molar-refractivity contribution is 5.28. The average Bonchev–Trinajstić information content (AvgIpc) is 2.04. The molecule has 0 spiro atoms. The van der Waals surface area contributed by atoms with Crippen LogP contribution in [0.15, 0.2) is 18.3 Å². The molecule has 70 valence electrons. The smallest absolute Gasteiger partial charge is 0.143 e. The van der Waals surface area contributed by atoms with Crippen molar-refractivity contribution in [3.05, 3.63) is 29.6 Å². The largest absolute Gasteiger partial charge is 0.245 e. The maximum absolute atomic E-state index is 8.41. The van der Waals surface area contributed by atoms with Crippen molar-refractivity contribution in [1.82, 2.24) is 4.98 Å². The van der Waals surface area contributed by atoms with Gasteiger partial charge in [0.1, 0.15) is 11.8 Å². The minimum Gasteiger partial charge on any atom is -0.245 e. The second kappa shape index (κ2) is 6.19. The lowest BCUT2D eigenvalue weighted by molar-refractivity contribution is 0.737. The fourth-order valence-electron chi connectivity index (χ4n) is 0.603. The van der Waals surface area contributed by atoms with Crippen LogP contribution in [-0.4, -0.2) is 4.98 Å². The van der Waals surface area contributed by atoms with E-state index in [1.54, 1.807) is 6.20 Å². The first-order valence-electron chi connectivity index (χ1n) is 4.39. The monoisotopic (exact) mass is 176 g/mol. The van der Waals surface area contributed by atoms with Gasteiger partial charge in [0.15, 0.2) is 0 Å². The summed E-state index contributed by atoms with van der Waals surface area (Å²) in [6.45, 7) is 8.37. The highest BCUT2D eigenvalue weighted by Gasteiger charge is 1.91. The summed E-state index contributed by atoms with van der Waals surface area (Å²) in [5.41, 5.74) is 1.44. The number of hydrogen-bond donors (Lipinski definition) is 0. The van der Waals surface area contributed by atoms with E-state index in [2.05, 4.69) is 25.8 Å². The molecule has 0 radical (unpaired) electrons. The number of pyridine rings is 1. The molecular formula is C11H16N2. The third-order valence-corrected chi connectivity index (χ3v) is 1.12. The fraction of sp³-hybridized carbons (Fsp3) is 0.455. The van der Waals surface area contributed by atoms with Crippen molar-refractivity contribution in [2.24, 2.45) is 5.92 Å². The molecule has 2 nitrogen and oxygen atoms in total. The van der Waals surface area contributed by atoms with E-state index in [1.165, 1.54) is 0 Å². The average molecular weight is 176 g/mol. The van der Waals surface area contributed by atoms with Crippen LogP contribution in [0.3, 0.4) is 0 Å². The Morgan fingerprint density at radius 1 is 1.38 bits per heavy atom. The third-order valence-electron chi connectivity index (χ3n) is 1.12. The summed E-state index contributed by atoms with van der Waals surface area (Å²) in [5, 5.41) is 8.41. The van der Waals surface area contributed by atoms with Crippen molar-refractivity contribution in [2.45, 2.75) is 27.7 Å². The third kappa shape index (κ3) is 5.86. The predicted octanol–water partition coefficient (Wildman–Crippen LogP) is 2.92. The molecule has 1 rings (SSSR count). The minimum atomic E-state index is 0.512. The lowest BCUT2D eigenvalue weighted by Crippen LogP contribution is -1.83. The lowest BCUT2D eigenvalue weighted by atomic mass is 10.2. The molecule has 0 aliphatic rings. The van der Waals surface area contributed by atoms with Crippen molar-refractivity contribution in [1.29, 1.82) is 5.26 Å². The zero-order valence-electron chi connectivity index (χ0n) is 8.70. The first kappa shape index (κ1) is 11.6. The van der Waals surface area contributed by atoms with Crippen LogP contribution in [0.5, 0.6) is 0 Å². The van der Waals surface area contributed by atoms with E-state index >= 15 is 0 Å². The van der Waals surface area contributed by atoms with Crippen molar-refractivity contribution in [3.63, 3.8) is 0 Å². The molecule has 0 atom stereocenters. The summed E-state index contributed by atoms with van der Waals surface area (Å²) in [4.78, 5) is 3.84. The Balaban J connectivity index is 0.000000310. The quantitative estimate of drug-likeness (QED) is 0.609. The van der Waals surface area contributed by atoms with Crippen LogP contribution in [-0.2, 0) is 0 Å². The topological polar surface area (TPSA) is 36.7 Å². The number of nitrogens with zero attached hydrogens (tertiary/aromatic N) is 2. The van der Waals surface area contributed by atoms with E-state index in [4.69, 9.17) is 5.26 Å². The van der Waals surface area contributed by atoms with Gasteiger partial charge in [-0.25, -0.2) is 4.98 Å². The van der Waals surface area contributed by atoms with Gasteiger partial charge in [0.2, 0.25) is 0 Å². The summed E-state index contributed by atoms with van der Waals surface area (Å²) in [7, 11) is 0. The van der Waals surface area contributed by atoms with Crippen LogP contribution >= 0.6 is 0 Å². The van der Waals surface area contributed by atoms with Crippen molar-refractivity contribution in [3.8, 4) is 6.07 Å². The summed E-state index contributed by atoms with van der Waals surface area (Å²) >= 11 is 0. The van der Waals surface area contributed by atoms with Crippen molar-refractivity contribution in [2.75, 3.05) is 0 Å². The van der Waals surface area contributed by atoms with E-state index in [0.717, 1.165) is 11.5 Å². The first-order chi connectivity index (χ1) is 6.07. The van der Waals surface area contributed by atoms with Gasteiger partial charge in [-0.1, -0.05) is 26.8 Å². The van der Waals surface area contributed by atoms with Gasteiger partial charge in [-0.2, -0.15) is 5.26 Å². The SMILES string of the molecule is CC(C)C.Cc1cccnc1C#N. The lowest BCUT2D eigenvalue weighted by Gasteiger charge is -1.89. The van der Waals surface area contributed by atoms with Gasteiger partial charge in [-0.05, 0) is 24.5 Å². The van der Waals surface area contributed by atoms with Crippen LogP contribution < -0.4 is 0 Å². The fourth-order valence-corrected chi connectivity index (χ4v) is 0.603. The Morgan fingerprint density at radius 2 is 1.92 bits per heavy atom. The Bertz CT molecular complexity index is 282. The zero-order valence-corrected chi connectivity index (χ0v) is 8.70. The number of aryl methyl sites for hydroxylation is 1. The summed E-state index contributed by atoms with van der Waals surface area (Å²) in [5.74, 6) is 0.833. The van der Waals surface area contributed by atoms with Gasteiger partial charge in [0.25, 0.3) is 0 Å². The molecule has 0 amide bonds. The maximum Gasteiger partial charge on any atom is 0.143 e. The normalized spacial score (nSPS) is 8.62. The molecule has 0 saturated carbocycles. The molecule has 0 bridgehead atoms. The molecule has 0 unspecified atom stereocenters. The van der Waals surface area contributed by atoms with E-state index in [-0.39, 0.29) is 0 Å². The van der Waals surface area contributed by atoms with Gasteiger partial charge in [-0.15, -0.1) is 0 Å². The Kier molecular flexibility index (Phi) is 5.54. The predicted molar refractivity (Wildman–Crippen MR) is 54.2 cm³/mol. The Labute approximate surface area is 80.2 Å². The molecule has 1 heterocycles. The van der Waals surface area contributed by atoms with E-state index in [9.17, 15) is 0 Å². The number of hydrogen-bond acceptors (Lipinski definition) is 2. The van der Waals surface area contributed by atoms with Gasteiger partial charge in [0.05, 0.1) is 0 Å². The van der Waals surface area contributed by atoms with E-state index < -0.39 is 0 Å². The highest BCUT2D eigenvalue weighted by Crippen LogP contribution is 1.99. The zero-order chi connectivity index (χ0) is 10.3. The highest BCUT2D eigenvalue weighted by atomic mass is 14.7.